The molecule has 0 unspecified atom stereocenters. The SMILES string of the molecule is COc1cc(F)cc2c1cc(C)n2CCNc1cc(-c2ccc(-c3cncn3C)cc2)ncn1. The lowest BCUT2D eigenvalue weighted by Gasteiger charge is -2.11. The molecule has 0 radical (unpaired) electrons. The minimum absolute atomic E-state index is 0.313. The molecule has 3 heterocycles. The lowest BCUT2D eigenvalue weighted by atomic mass is 10.1. The van der Waals surface area contributed by atoms with Gasteiger partial charge in [-0.25, -0.2) is 19.3 Å². The van der Waals surface area contributed by atoms with Crippen LogP contribution in [-0.2, 0) is 13.6 Å². The predicted octanol–water partition coefficient (Wildman–Crippen LogP) is 5.07. The summed E-state index contributed by atoms with van der Waals surface area (Å²) in [6, 6.07) is 15.1. The van der Waals surface area contributed by atoms with Crippen molar-refractivity contribution in [3.8, 4) is 28.3 Å². The highest BCUT2D eigenvalue weighted by Gasteiger charge is 2.12. The highest BCUT2D eigenvalue weighted by atomic mass is 19.1. The zero-order valence-corrected chi connectivity index (χ0v) is 19.3. The summed E-state index contributed by atoms with van der Waals surface area (Å²) < 4.78 is 23.5. The van der Waals surface area contributed by atoms with E-state index < -0.39 is 0 Å². The van der Waals surface area contributed by atoms with Crippen LogP contribution in [0.1, 0.15) is 5.69 Å². The molecule has 0 atom stereocenters. The third-order valence-corrected chi connectivity index (χ3v) is 5.98. The maximum absolute atomic E-state index is 14.1. The molecule has 0 aliphatic rings. The van der Waals surface area contributed by atoms with Crippen molar-refractivity contribution in [1.82, 2.24) is 24.1 Å². The number of anilines is 1. The average Bonchev–Trinajstić information content (AvgIpc) is 3.41. The van der Waals surface area contributed by atoms with Crippen LogP contribution in [-0.4, -0.2) is 37.7 Å². The fourth-order valence-corrected chi connectivity index (χ4v) is 4.24. The Bertz CT molecular complexity index is 1450. The quantitative estimate of drug-likeness (QED) is 0.370. The number of aromatic nitrogens is 5. The smallest absolute Gasteiger partial charge is 0.131 e. The van der Waals surface area contributed by atoms with Crippen molar-refractivity contribution in [3.05, 3.63) is 78.9 Å². The Kier molecular flexibility index (Phi) is 5.71. The summed E-state index contributed by atoms with van der Waals surface area (Å²) in [6.45, 7) is 3.29. The summed E-state index contributed by atoms with van der Waals surface area (Å²) in [5.41, 5.74) is 5.85. The Labute approximate surface area is 196 Å². The molecule has 7 nitrogen and oxygen atoms in total. The minimum atomic E-state index is -0.313. The molecule has 1 N–H and O–H groups in total. The second-order valence-corrected chi connectivity index (χ2v) is 8.16. The highest BCUT2D eigenvalue weighted by molar-refractivity contribution is 5.87. The van der Waals surface area contributed by atoms with Crippen molar-refractivity contribution >= 4 is 16.7 Å². The first-order valence-corrected chi connectivity index (χ1v) is 11.0. The molecule has 0 spiro atoms. The van der Waals surface area contributed by atoms with Gasteiger partial charge >= 0.3 is 0 Å². The number of hydrogen-bond donors (Lipinski definition) is 1. The summed E-state index contributed by atoms with van der Waals surface area (Å²) in [5.74, 6) is 0.963. The number of nitrogens with zero attached hydrogens (tertiary/aromatic N) is 5. The third kappa shape index (κ3) is 4.10. The van der Waals surface area contributed by atoms with Gasteiger partial charge in [0.1, 0.15) is 23.7 Å². The van der Waals surface area contributed by atoms with E-state index in [1.54, 1.807) is 25.8 Å². The normalized spacial score (nSPS) is 11.2. The largest absolute Gasteiger partial charge is 0.496 e. The van der Waals surface area contributed by atoms with Crippen molar-refractivity contribution in [2.75, 3.05) is 19.0 Å². The Balaban J connectivity index is 1.30. The van der Waals surface area contributed by atoms with Crippen LogP contribution in [0.4, 0.5) is 10.2 Å². The van der Waals surface area contributed by atoms with Gasteiger partial charge in [0.2, 0.25) is 0 Å². The first-order chi connectivity index (χ1) is 16.5. The number of imidazole rings is 1. The van der Waals surface area contributed by atoms with Crippen LogP contribution in [0.3, 0.4) is 0 Å². The van der Waals surface area contributed by atoms with E-state index in [9.17, 15) is 4.39 Å². The number of halogens is 1. The number of nitrogens with one attached hydrogen (secondary N) is 1. The van der Waals surface area contributed by atoms with Crippen LogP contribution in [0.2, 0.25) is 0 Å². The topological polar surface area (TPSA) is 69.8 Å². The van der Waals surface area contributed by atoms with E-state index in [1.165, 1.54) is 6.07 Å². The van der Waals surface area contributed by atoms with E-state index in [4.69, 9.17) is 4.74 Å². The van der Waals surface area contributed by atoms with E-state index in [-0.39, 0.29) is 5.82 Å². The molecule has 5 aromatic rings. The maximum atomic E-state index is 14.1. The minimum Gasteiger partial charge on any atom is -0.496 e. The van der Waals surface area contributed by atoms with Gasteiger partial charge in [-0.1, -0.05) is 24.3 Å². The molecule has 5 rings (SSSR count). The van der Waals surface area contributed by atoms with Gasteiger partial charge in [-0.15, -0.1) is 0 Å². The Morgan fingerprint density at radius 1 is 1.03 bits per heavy atom. The molecule has 0 bridgehead atoms. The molecule has 34 heavy (non-hydrogen) atoms. The monoisotopic (exact) mass is 456 g/mol. The summed E-state index contributed by atoms with van der Waals surface area (Å²) in [5, 5.41) is 4.26. The van der Waals surface area contributed by atoms with E-state index in [0.29, 0.717) is 18.8 Å². The number of methoxy groups -OCH3 is 1. The van der Waals surface area contributed by atoms with Gasteiger partial charge in [-0.3, -0.25) is 0 Å². The predicted molar refractivity (Wildman–Crippen MR) is 131 cm³/mol. The van der Waals surface area contributed by atoms with Crippen molar-refractivity contribution < 1.29 is 9.13 Å². The van der Waals surface area contributed by atoms with E-state index >= 15 is 0 Å². The molecule has 3 aromatic heterocycles. The van der Waals surface area contributed by atoms with E-state index in [1.807, 2.05) is 49.0 Å². The lowest BCUT2D eigenvalue weighted by Crippen LogP contribution is -2.12. The molecule has 8 heteroatoms. The van der Waals surface area contributed by atoms with Crippen molar-refractivity contribution in [2.24, 2.45) is 7.05 Å². The molecule has 172 valence electrons. The van der Waals surface area contributed by atoms with Crippen LogP contribution >= 0.6 is 0 Å². The Hall–Kier alpha value is -4.20. The molecular weight excluding hydrogens is 431 g/mol. The van der Waals surface area contributed by atoms with Gasteiger partial charge in [0.05, 0.1) is 36.5 Å². The van der Waals surface area contributed by atoms with Gasteiger partial charge in [-0.05, 0) is 24.6 Å². The fraction of sp³-hybridized carbons (Fsp3) is 0.192. The summed E-state index contributed by atoms with van der Waals surface area (Å²) in [6.07, 6.45) is 5.20. The molecule has 2 aromatic carbocycles. The van der Waals surface area contributed by atoms with E-state index in [0.717, 1.165) is 44.9 Å². The Morgan fingerprint density at radius 2 is 1.82 bits per heavy atom. The maximum Gasteiger partial charge on any atom is 0.131 e. The first-order valence-electron chi connectivity index (χ1n) is 11.0. The standard InChI is InChI=1S/C26H25FN6O/c1-17-10-21-23(11-20(27)12-25(21)34-3)33(17)9-8-29-26-13-22(30-15-31-26)18-4-6-19(7-5-18)24-14-28-16-32(24)2/h4-7,10-16H,8-9H2,1-3H3,(H,29,30,31). The van der Waals surface area contributed by atoms with Gasteiger partial charge < -0.3 is 19.2 Å². The molecule has 0 amide bonds. The van der Waals surface area contributed by atoms with Crippen LogP contribution < -0.4 is 10.1 Å². The summed E-state index contributed by atoms with van der Waals surface area (Å²) in [7, 11) is 3.53. The molecule has 0 saturated carbocycles. The number of ether oxygens (including phenoxy) is 1. The molecule has 0 saturated heterocycles. The average molecular weight is 457 g/mol. The van der Waals surface area contributed by atoms with Crippen molar-refractivity contribution in [1.29, 1.82) is 0 Å². The first kappa shape index (κ1) is 21.6. The van der Waals surface area contributed by atoms with Gasteiger partial charge in [-0.2, -0.15) is 0 Å². The number of benzene rings is 2. The fourth-order valence-electron chi connectivity index (χ4n) is 4.24. The second kappa shape index (κ2) is 8.97. The van der Waals surface area contributed by atoms with Crippen LogP contribution in [0.15, 0.2) is 67.4 Å². The number of hydrogen-bond acceptors (Lipinski definition) is 5. The van der Waals surface area contributed by atoms with Gasteiger partial charge in [0, 0.05) is 48.9 Å². The molecule has 0 aliphatic carbocycles. The molecule has 0 aliphatic heterocycles. The number of fused-ring (bicyclic) bond motifs is 1. The van der Waals surface area contributed by atoms with Gasteiger partial charge in [0.25, 0.3) is 0 Å². The summed E-state index contributed by atoms with van der Waals surface area (Å²) in [4.78, 5) is 13.0. The number of rotatable bonds is 7. The van der Waals surface area contributed by atoms with Gasteiger partial charge in [0.15, 0.2) is 0 Å². The lowest BCUT2D eigenvalue weighted by molar-refractivity contribution is 0.416. The Morgan fingerprint density at radius 3 is 2.56 bits per heavy atom. The van der Waals surface area contributed by atoms with Crippen LogP contribution in [0.5, 0.6) is 5.75 Å². The zero-order valence-electron chi connectivity index (χ0n) is 19.3. The summed E-state index contributed by atoms with van der Waals surface area (Å²) >= 11 is 0. The van der Waals surface area contributed by atoms with E-state index in [2.05, 4.69) is 37.0 Å². The van der Waals surface area contributed by atoms with Crippen molar-refractivity contribution in [3.63, 3.8) is 0 Å². The highest BCUT2D eigenvalue weighted by Crippen LogP contribution is 2.30. The number of aryl methyl sites for hydroxylation is 2. The van der Waals surface area contributed by atoms with Crippen LogP contribution in [0.25, 0.3) is 33.4 Å². The van der Waals surface area contributed by atoms with Crippen molar-refractivity contribution in [2.45, 2.75) is 13.5 Å². The van der Waals surface area contributed by atoms with Crippen LogP contribution in [0, 0.1) is 12.7 Å². The second-order valence-electron chi connectivity index (χ2n) is 8.16. The third-order valence-electron chi connectivity index (χ3n) is 5.98. The zero-order chi connectivity index (χ0) is 23.7. The molecule has 0 fully saturated rings. The molecular formula is C26H25FN6O.